The van der Waals surface area contributed by atoms with Crippen LogP contribution in [0.15, 0.2) is 12.5 Å². The Morgan fingerprint density at radius 2 is 2.06 bits per heavy atom. The largest absolute Gasteiger partial charge is 0.368 e. The normalized spacial score (nSPS) is 25.7. The fourth-order valence-electron chi connectivity index (χ4n) is 3.10. The van der Waals surface area contributed by atoms with Crippen LogP contribution >= 0.6 is 0 Å². The number of rotatable bonds is 0. The van der Waals surface area contributed by atoms with E-state index in [1.807, 2.05) is 6.20 Å². The molecule has 98 valence electrons. The van der Waals surface area contributed by atoms with Crippen LogP contribution in [0, 0.1) is 0 Å². The molecule has 0 radical (unpaired) electrons. The Labute approximate surface area is 109 Å². The zero-order valence-electron chi connectivity index (χ0n) is 10.9. The van der Waals surface area contributed by atoms with Gasteiger partial charge in [0.05, 0.1) is 0 Å². The van der Waals surface area contributed by atoms with E-state index < -0.39 is 0 Å². The Bertz CT molecular complexity index is 393. The first kappa shape index (κ1) is 11.9. The lowest BCUT2D eigenvalue weighted by atomic mass is 10.1. The van der Waals surface area contributed by atoms with Gasteiger partial charge in [-0.15, -0.1) is 0 Å². The second-order valence-electron chi connectivity index (χ2n) is 5.46. The number of hydrogen-bond acceptors (Lipinski definition) is 4. The van der Waals surface area contributed by atoms with Gasteiger partial charge in [0.25, 0.3) is 0 Å². The molecule has 3 rings (SSSR count). The van der Waals surface area contributed by atoms with E-state index >= 15 is 0 Å². The molecule has 1 aromatic heterocycles. The van der Waals surface area contributed by atoms with Crippen LogP contribution in [-0.2, 0) is 6.54 Å². The number of aromatic nitrogens is 2. The van der Waals surface area contributed by atoms with E-state index in [9.17, 15) is 0 Å². The fraction of sp³-hybridized carbons (Fsp3) is 0.714. The third-order valence-electron chi connectivity index (χ3n) is 4.17. The standard InChI is InChI=1S/C14H22N4/c1-2-4-6-13-9-16-14-12(8-15-11-17-14)10-18(13)7-5-3-1/h8,11,13H,1-7,9-10H2,(H,15,16,17)/t13-/m1/s1. The van der Waals surface area contributed by atoms with Gasteiger partial charge in [0, 0.05) is 30.9 Å². The molecule has 2 aliphatic heterocycles. The van der Waals surface area contributed by atoms with Gasteiger partial charge in [-0.3, -0.25) is 4.90 Å². The number of nitrogens with zero attached hydrogens (tertiary/aromatic N) is 3. The summed E-state index contributed by atoms with van der Waals surface area (Å²) >= 11 is 0. The molecule has 1 N–H and O–H groups in total. The predicted molar refractivity (Wildman–Crippen MR) is 72.4 cm³/mol. The molecule has 0 aromatic carbocycles. The van der Waals surface area contributed by atoms with Crippen LogP contribution in [0.5, 0.6) is 0 Å². The number of nitrogens with one attached hydrogen (secondary N) is 1. The molecule has 3 heterocycles. The van der Waals surface area contributed by atoms with Crippen molar-refractivity contribution in [1.82, 2.24) is 14.9 Å². The summed E-state index contributed by atoms with van der Waals surface area (Å²) in [6.07, 6.45) is 11.8. The molecule has 1 atom stereocenters. The Morgan fingerprint density at radius 1 is 1.17 bits per heavy atom. The van der Waals surface area contributed by atoms with Gasteiger partial charge in [0.1, 0.15) is 12.1 Å². The highest BCUT2D eigenvalue weighted by Crippen LogP contribution is 2.24. The third-order valence-corrected chi connectivity index (χ3v) is 4.17. The molecular weight excluding hydrogens is 224 g/mol. The molecule has 1 aromatic rings. The van der Waals surface area contributed by atoms with Crippen molar-refractivity contribution in [3.8, 4) is 0 Å². The molecule has 1 saturated heterocycles. The zero-order valence-corrected chi connectivity index (χ0v) is 10.9. The first-order valence-corrected chi connectivity index (χ1v) is 7.20. The van der Waals surface area contributed by atoms with Crippen molar-refractivity contribution in [3.05, 3.63) is 18.1 Å². The van der Waals surface area contributed by atoms with Gasteiger partial charge in [0.2, 0.25) is 0 Å². The van der Waals surface area contributed by atoms with Crippen molar-refractivity contribution in [2.24, 2.45) is 0 Å². The molecule has 18 heavy (non-hydrogen) atoms. The van der Waals surface area contributed by atoms with Crippen molar-refractivity contribution in [2.45, 2.75) is 51.1 Å². The number of hydrogen-bond donors (Lipinski definition) is 1. The van der Waals surface area contributed by atoms with Crippen LogP contribution in [0.25, 0.3) is 0 Å². The van der Waals surface area contributed by atoms with Crippen LogP contribution in [0.2, 0.25) is 0 Å². The highest BCUT2D eigenvalue weighted by Gasteiger charge is 2.24. The van der Waals surface area contributed by atoms with E-state index in [0.717, 1.165) is 18.9 Å². The Hall–Kier alpha value is -1.16. The summed E-state index contributed by atoms with van der Waals surface area (Å²) in [5.41, 5.74) is 1.25. The molecule has 0 bridgehead atoms. The first-order chi connectivity index (χ1) is 8.93. The smallest absolute Gasteiger partial charge is 0.133 e. The maximum absolute atomic E-state index is 4.35. The Morgan fingerprint density at radius 3 is 3.06 bits per heavy atom. The van der Waals surface area contributed by atoms with Crippen molar-refractivity contribution in [1.29, 1.82) is 0 Å². The summed E-state index contributed by atoms with van der Waals surface area (Å²) in [5, 5.41) is 3.50. The van der Waals surface area contributed by atoms with Gasteiger partial charge in [-0.05, 0) is 19.4 Å². The molecule has 2 aliphatic rings. The molecule has 0 amide bonds. The molecule has 0 spiro atoms. The lowest BCUT2D eigenvalue weighted by Crippen LogP contribution is -2.38. The Balaban J connectivity index is 1.79. The molecule has 0 aliphatic carbocycles. The van der Waals surface area contributed by atoms with Crippen LogP contribution in [-0.4, -0.2) is 34.0 Å². The molecule has 1 fully saturated rings. The lowest BCUT2D eigenvalue weighted by molar-refractivity contribution is 0.188. The van der Waals surface area contributed by atoms with E-state index in [-0.39, 0.29) is 0 Å². The number of fused-ring (bicyclic) bond motifs is 2. The molecular formula is C14H22N4. The van der Waals surface area contributed by atoms with Crippen molar-refractivity contribution < 1.29 is 0 Å². The first-order valence-electron chi connectivity index (χ1n) is 7.20. The molecule has 4 nitrogen and oxygen atoms in total. The summed E-state index contributed by atoms with van der Waals surface area (Å²) in [6, 6.07) is 0.664. The minimum Gasteiger partial charge on any atom is -0.368 e. The lowest BCUT2D eigenvalue weighted by Gasteiger charge is -2.28. The molecule has 0 unspecified atom stereocenters. The monoisotopic (exact) mass is 246 g/mol. The topological polar surface area (TPSA) is 41.1 Å². The van der Waals surface area contributed by atoms with Crippen molar-refractivity contribution in [3.63, 3.8) is 0 Å². The van der Waals surface area contributed by atoms with Crippen LogP contribution in [0.3, 0.4) is 0 Å². The third kappa shape index (κ3) is 2.64. The maximum Gasteiger partial charge on any atom is 0.133 e. The summed E-state index contributed by atoms with van der Waals surface area (Å²) in [7, 11) is 0. The zero-order chi connectivity index (χ0) is 12.2. The van der Waals surface area contributed by atoms with Crippen molar-refractivity contribution in [2.75, 3.05) is 18.4 Å². The van der Waals surface area contributed by atoms with Crippen LogP contribution in [0.1, 0.15) is 44.1 Å². The quantitative estimate of drug-likeness (QED) is 0.763. The van der Waals surface area contributed by atoms with Gasteiger partial charge >= 0.3 is 0 Å². The van der Waals surface area contributed by atoms with Crippen molar-refractivity contribution >= 4 is 5.82 Å². The minimum atomic E-state index is 0.664. The average Bonchev–Trinajstić information content (AvgIpc) is 2.49. The van der Waals surface area contributed by atoms with Gasteiger partial charge < -0.3 is 5.32 Å². The summed E-state index contributed by atoms with van der Waals surface area (Å²) in [4.78, 5) is 11.1. The van der Waals surface area contributed by atoms with E-state index in [4.69, 9.17) is 0 Å². The second-order valence-corrected chi connectivity index (χ2v) is 5.46. The summed E-state index contributed by atoms with van der Waals surface area (Å²) < 4.78 is 0. The molecule has 0 saturated carbocycles. The molecule has 4 heteroatoms. The van der Waals surface area contributed by atoms with E-state index in [2.05, 4.69) is 20.2 Å². The van der Waals surface area contributed by atoms with Gasteiger partial charge in [0.15, 0.2) is 0 Å². The van der Waals surface area contributed by atoms with E-state index in [1.54, 1.807) is 6.33 Å². The SMILES string of the molecule is c1ncc2c(n1)NC[C@H]1CCCCCCCN1C2. The minimum absolute atomic E-state index is 0.664. The van der Waals surface area contributed by atoms with E-state index in [1.165, 1.54) is 50.6 Å². The highest BCUT2D eigenvalue weighted by molar-refractivity contribution is 5.43. The van der Waals surface area contributed by atoms with Crippen LogP contribution in [0.4, 0.5) is 5.82 Å². The van der Waals surface area contributed by atoms with Gasteiger partial charge in [-0.1, -0.05) is 25.7 Å². The maximum atomic E-state index is 4.35. The van der Waals surface area contributed by atoms with Gasteiger partial charge in [-0.25, -0.2) is 9.97 Å². The number of anilines is 1. The van der Waals surface area contributed by atoms with Gasteiger partial charge in [-0.2, -0.15) is 0 Å². The second kappa shape index (κ2) is 5.65. The highest BCUT2D eigenvalue weighted by atomic mass is 15.2. The van der Waals surface area contributed by atoms with Crippen LogP contribution < -0.4 is 5.32 Å². The van der Waals surface area contributed by atoms with E-state index in [0.29, 0.717) is 6.04 Å². The fourth-order valence-corrected chi connectivity index (χ4v) is 3.10. The Kier molecular flexibility index (Phi) is 3.74. The predicted octanol–water partition coefficient (Wildman–Crippen LogP) is 2.43. The average molecular weight is 246 g/mol. The summed E-state index contributed by atoms with van der Waals surface area (Å²) in [5.74, 6) is 1.04. The summed E-state index contributed by atoms with van der Waals surface area (Å²) in [6.45, 7) is 3.26.